The summed E-state index contributed by atoms with van der Waals surface area (Å²) in [7, 11) is 0. The van der Waals surface area contributed by atoms with E-state index in [1.54, 1.807) is 6.92 Å². The van der Waals surface area contributed by atoms with Gasteiger partial charge < -0.3 is 33.2 Å². The minimum absolute atomic E-state index is 0.0866. The summed E-state index contributed by atoms with van der Waals surface area (Å²) in [4.78, 5) is 36.3. The molecule has 7 fully saturated rings. The number of esters is 3. The number of ether oxygens (including phenoxy) is 7. The third kappa shape index (κ3) is 6.06. The Kier molecular flexibility index (Phi) is 9.48. The van der Waals surface area contributed by atoms with Crippen molar-refractivity contribution < 1.29 is 47.5 Å². The van der Waals surface area contributed by atoms with Gasteiger partial charge in [-0.1, -0.05) is 27.7 Å². The lowest BCUT2D eigenvalue weighted by molar-refractivity contribution is -0.315. The maximum absolute atomic E-state index is 12.2. The minimum Gasteiger partial charge on any atom is -0.456 e. The number of fused-ring (bicyclic) bond motifs is 7. The lowest BCUT2D eigenvalue weighted by atomic mass is 9.44. The van der Waals surface area contributed by atoms with Crippen molar-refractivity contribution in [2.45, 2.75) is 168 Å². The summed E-state index contributed by atoms with van der Waals surface area (Å²) in [6, 6.07) is 0. The second kappa shape index (κ2) is 13.0. The molecule has 3 heterocycles. The van der Waals surface area contributed by atoms with Crippen molar-refractivity contribution in [1.82, 2.24) is 0 Å². The van der Waals surface area contributed by atoms with E-state index in [0.717, 1.165) is 38.2 Å². The van der Waals surface area contributed by atoms with Crippen molar-refractivity contribution in [1.29, 1.82) is 0 Å². The molecule has 17 atom stereocenters. The fraction of sp³-hybridized carbons (Fsp3) is 0.923. The third-order valence-corrected chi connectivity index (χ3v) is 14.8. The number of hydrogen-bond acceptors (Lipinski definition) is 10. The Hall–Kier alpha value is -1.75. The van der Waals surface area contributed by atoms with E-state index in [-0.39, 0.29) is 17.3 Å². The lowest BCUT2D eigenvalue weighted by Gasteiger charge is -2.61. The first-order chi connectivity index (χ1) is 23.1. The van der Waals surface area contributed by atoms with Crippen LogP contribution in [0.25, 0.3) is 0 Å². The second-order valence-corrected chi connectivity index (χ2v) is 17.6. The normalized spacial score (nSPS) is 51.9. The van der Waals surface area contributed by atoms with Gasteiger partial charge in [-0.3, -0.25) is 14.4 Å². The maximum atomic E-state index is 12.2. The molecule has 10 nitrogen and oxygen atoms in total. The van der Waals surface area contributed by atoms with Crippen molar-refractivity contribution >= 4 is 17.9 Å². The quantitative estimate of drug-likeness (QED) is 0.184. The van der Waals surface area contributed by atoms with Crippen LogP contribution in [-0.4, -0.2) is 73.2 Å². The highest BCUT2D eigenvalue weighted by Crippen LogP contribution is 2.71. The molecule has 3 saturated heterocycles. The van der Waals surface area contributed by atoms with Crippen molar-refractivity contribution in [3.05, 3.63) is 0 Å². The van der Waals surface area contributed by atoms with Gasteiger partial charge in [0.15, 0.2) is 30.4 Å². The highest BCUT2D eigenvalue weighted by molar-refractivity contribution is 5.68. The van der Waals surface area contributed by atoms with Gasteiger partial charge in [-0.2, -0.15) is 0 Å². The number of rotatable bonds is 5. The van der Waals surface area contributed by atoms with Gasteiger partial charge in [0, 0.05) is 33.1 Å². The molecule has 7 aliphatic rings. The molecule has 49 heavy (non-hydrogen) atoms. The van der Waals surface area contributed by atoms with E-state index < -0.39 is 48.6 Å². The molecule has 0 amide bonds. The van der Waals surface area contributed by atoms with Crippen LogP contribution in [-0.2, 0) is 47.5 Å². The van der Waals surface area contributed by atoms with Crippen molar-refractivity contribution in [2.75, 3.05) is 6.61 Å². The lowest BCUT2D eigenvalue weighted by Crippen LogP contribution is -2.62. The van der Waals surface area contributed by atoms with Gasteiger partial charge in [0.2, 0.25) is 0 Å². The molecule has 0 unspecified atom stereocenters. The van der Waals surface area contributed by atoms with Crippen LogP contribution in [0.4, 0.5) is 0 Å². The zero-order valence-corrected chi connectivity index (χ0v) is 30.9. The third-order valence-electron chi connectivity index (χ3n) is 14.8. The molecule has 4 aliphatic carbocycles. The number of carbonyl (C=O) groups excluding carboxylic acids is 3. The first-order valence-corrected chi connectivity index (χ1v) is 19.3. The highest BCUT2D eigenvalue weighted by Gasteiger charge is 2.69. The Labute approximate surface area is 292 Å². The molecule has 276 valence electrons. The Morgan fingerprint density at radius 2 is 1.39 bits per heavy atom. The largest absolute Gasteiger partial charge is 0.456 e. The summed E-state index contributed by atoms with van der Waals surface area (Å²) < 4.78 is 43.2. The van der Waals surface area contributed by atoms with E-state index in [4.69, 9.17) is 33.2 Å². The topological polar surface area (TPSA) is 116 Å². The van der Waals surface area contributed by atoms with Gasteiger partial charge >= 0.3 is 17.9 Å². The zero-order valence-electron chi connectivity index (χ0n) is 30.9. The average molecular weight is 689 g/mol. The van der Waals surface area contributed by atoms with Gasteiger partial charge in [0.05, 0.1) is 24.9 Å². The van der Waals surface area contributed by atoms with E-state index in [0.29, 0.717) is 47.0 Å². The molecule has 10 heteroatoms. The molecule has 7 rings (SSSR count). The van der Waals surface area contributed by atoms with Crippen LogP contribution < -0.4 is 0 Å². The predicted octanol–water partition coefficient (Wildman–Crippen LogP) is 6.36. The van der Waals surface area contributed by atoms with Crippen LogP contribution in [0, 0.1) is 52.3 Å². The molecule has 4 saturated carbocycles. The van der Waals surface area contributed by atoms with Crippen molar-refractivity contribution in [3.63, 3.8) is 0 Å². The van der Waals surface area contributed by atoms with E-state index >= 15 is 0 Å². The maximum Gasteiger partial charge on any atom is 0.303 e. The Bertz CT molecular complexity index is 1280. The molecule has 0 aromatic carbocycles. The highest BCUT2D eigenvalue weighted by atomic mass is 16.7. The van der Waals surface area contributed by atoms with E-state index in [9.17, 15) is 14.4 Å². The summed E-state index contributed by atoms with van der Waals surface area (Å²) in [6.45, 7) is 16.3. The molecule has 0 bridgehead atoms. The summed E-state index contributed by atoms with van der Waals surface area (Å²) >= 11 is 0. The average Bonchev–Trinajstić information content (AvgIpc) is 3.47. The molecular formula is C39H60O10. The number of hydrogen-bond donors (Lipinski definition) is 0. The van der Waals surface area contributed by atoms with Crippen molar-refractivity contribution in [2.24, 2.45) is 52.3 Å². The molecular weight excluding hydrogens is 628 g/mol. The van der Waals surface area contributed by atoms with Crippen molar-refractivity contribution in [3.8, 4) is 0 Å². The fourth-order valence-electron chi connectivity index (χ4n) is 12.6. The molecule has 0 N–H and O–H groups in total. The summed E-state index contributed by atoms with van der Waals surface area (Å²) in [6.07, 6.45) is 6.85. The monoisotopic (exact) mass is 688 g/mol. The predicted molar refractivity (Wildman–Crippen MR) is 178 cm³/mol. The minimum atomic E-state index is -1.06. The van der Waals surface area contributed by atoms with Gasteiger partial charge in [0.1, 0.15) is 0 Å². The summed E-state index contributed by atoms with van der Waals surface area (Å²) in [5.41, 5.74) is 0.544. The van der Waals surface area contributed by atoms with Gasteiger partial charge in [0.25, 0.3) is 0 Å². The molecule has 3 aliphatic heterocycles. The van der Waals surface area contributed by atoms with Crippen LogP contribution in [0.1, 0.15) is 120 Å². The molecule has 0 aromatic heterocycles. The van der Waals surface area contributed by atoms with Crippen LogP contribution >= 0.6 is 0 Å². The SMILES string of the molecule is CC(=O)O[C@H]1[C@@H](OC(C)=O)[C@@H](C)O[C@@H](O[C@H]2CC[C@@]3(C)[C@@H](CC[C@@H]4[C@@H]3CC[C@]3(C)[C@@H]5[C@H](C[C@@H]43)O[C@]3(CC[C@@H](C)CO3)[C@H]5C)C2)[C@@H]1OC(C)=O. The molecule has 0 radical (unpaired) electrons. The molecule has 0 aromatic rings. The first kappa shape index (κ1) is 35.6. The van der Waals surface area contributed by atoms with Crippen LogP contribution in [0.5, 0.6) is 0 Å². The second-order valence-electron chi connectivity index (χ2n) is 17.6. The smallest absolute Gasteiger partial charge is 0.303 e. The van der Waals surface area contributed by atoms with E-state index in [1.165, 1.54) is 59.3 Å². The van der Waals surface area contributed by atoms with E-state index in [2.05, 4.69) is 27.7 Å². The first-order valence-electron chi connectivity index (χ1n) is 19.3. The van der Waals surface area contributed by atoms with E-state index in [1.807, 2.05) is 0 Å². The van der Waals surface area contributed by atoms with Gasteiger partial charge in [-0.05, 0) is 111 Å². The van der Waals surface area contributed by atoms with Crippen LogP contribution in [0.15, 0.2) is 0 Å². The van der Waals surface area contributed by atoms with Gasteiger partial charge in [-0.15, -0.1) is 0 Å². The molecule has 1 spiro atoms. The zero-order chi connectivity index (χ0) is 35.0. The Morgan fingerprint density at radius 1 is 0.714 bits per heavy atom. The van der Waals surface area contributed by atoms with Crippen LogP contribution in [0.3, 0.4) is 0 Å². The fourth-order valence-corrected chi connectivity index (χ4v) is 12.6. The summed E-state index contributed by atoms with van der Waals surface area (Å²) in [5.74, 6) is 2.22. The summed E-state index contributed by atoms with van der Waals surface area (Å²) in [5, 5.41) is 0. The van der Waals surface area contributed by atoms with Crippen LogP contribution in [0.2, 0.25) is 0 Å². The standard InChI is InChI=1S/C39H60O10/c1-20-11-16-39(43-19-20)21(2)32-31(49-39)18-30-28-10-9-26-17-27(12-14-37(26,7)29(28)13-15-38(30,32)8)48-36-35(47-25(6)42)34(46-24(5)41)33(22(3)44-36)45-23(4)40/h20-22,26-36H,9-19H2,1-8H3/t20-,21+,22-,26+,27+,28-,29+,30+,31+,32+,33+,34+,35-,36+,37+,38+,39-/m1/s1. The Balaban J connectivity index is 1.03. The Morgan fingerprint density at radius 3 is 2.06 bits per heavy atom. The number of carbonyl (C=O) groups is 3. The van der Waals surface area contributed by atoms with Gasteiger partial charge in [-0.25, -0.2) is 0 Å².